The molecule has 1 aliphatic heterocycles. The van der Waals surface area contributed by atoms with Crippen molar-refractivity contribution in [2.45, 2.75) is 11.2 Å². The van der Waals surface area contributed by atoms with E-state index in [1.54, 1.807) is 24.3 Å². The van der Waals surface area contributed by atoms with Gasteiger partial charge < -0.3 is 29.7 Å². The lowest BCUT2D eigenvalue weighted by Crippen LogP contribution is -2.61. The molecule has 0 bridgehead atoms. The molecule has 0 aliphatic carbocycles. The van der Waals surface area contributed by atoms with Crippen LogP contribution in [0.4, 0.5) is 0 Å². The van der Waals surface area contributed by atoms with E-state index in [0.717, 1.165) is 0 Å². The zero-order valence-corrected chi connectivity index (χ0v) is 10.3. The number of aliphatic hydroxyl groups is 4. The molecule has 1 saturated heterocycles. The molecule has 103 valence electrons. The molecule has 1 aliphatic rings. The molecule has 6 nitrogen and oxygen atoms in total. The van der Waals surface area contributed by atoms with Crippen molar-refractivity contribution < 1.29 is 29.7 Å². The van der Waals surface area contributed by atoms with Crippen LogP contribution >= 0.6 is 0 Å². The fourth-order valence-electron chi connectivity index (χ4n) is 2.17. The predicted octanol–water partition coefficient (Wildman–Crippen LogP) is -2.32. The van der Waals surface area contributed by atoms with Gasteiger partial charge in [0.05, 0.1) is 26.4 Å². The third kappa shape index (κ3) is 2.18. The monoisotopic (exact) mass is 267 g/mol. The highest BCUT2D eigenvalue weighted by Crippen LogP contribution is 2.37. The Hall–Kier alpha value is -0.955. The first kappa shape index (κ1) is 14.5. The van der Waals surface area contributed by atoms with Crippen LogP contribution in [-0.2, 0) is 9.31 Å². The van der Waals surface area contributed by atoms with Gasteiger partial charge in [-0.25, -0.2) is 0 Å². The first-order chi connectivity index (χ1) is 9.17. The van der Waals surface area contributed by atoms with Crippen molar-refractivity contribution in [3.63, 3.8) is 0 Å². The standard InChI is InChI=1S/C12H16BO6/c14-6-11(7-15)12(8-16,9-17)19-13(18-11)10-4-2-1-3-5-10/h2-5,14-17H,6-9H2. The van der Waals surface area contributed by atoms with E-state index in [1.807, 2.05) is 0 Å². The van der Waals surface area contributed by atoms with Gasteiger partial charge in [-0.2, -0.15) is 0 Å². The minimum Gasteiger partial charge on any atom is -0.394 e. The molecule has 0 aromatic heterocycles. The molecular formula is C12H16BO6. The second-order valence-electron chi connectivity index (χ2n) is 4.52. The fraction of sp³-hybridized carbons (Fsp3) is 0.500. The maximum Gasteiger partial charge on any atom is 0.495 e. The van der Waals surface area contributed by atoms with Gasteiger partial charge in [-0.3, -0.25) is 0 Å². The molecule has 1 aromatic rings. The topological polar surface area (TPSA) is 99.4 Å². The number of hydrogen-bond donors (Lipinski definition) is 4. The summed E-state index contributed by atoms with van der Waals surface area (Å²) in [4.78, 5) is 0. The molecule has 0 saturated carbocycles. The maximum atomic E-state index is 9.49. The van der Waals surface area contributed by atoms with Gasteiger partial charge in [-0.1, -0.05) is 24.3 Å². The van der Waals surface area contributed by atoms with Crippen LogP contribution in [-0.4, -0.2) is 65.2 Å². The van der Waals surface area contributed by atoms with Crippen LogP contribution in [0.2, 0.25) is 0 Å². The summed E-state index contributed by atoms with van der Waals surface area (Å²) in [5.74, 6) is 0. The van der Waals surface area contributed by atoms with E-state index in [-0.39, 0.29) is 0 Å². The zero-order chi connectivity index (χ0) is 13.9. The summed E-state index contributed by atoms with van der Waals surface area (Å²) in [6.07, 6.45) is 0. The number of aliphatic hydroxyl groups excluding tert-OH is 4. The average Bonchev–Trinajstić information content (AvgIpc) is 2.83. The van der Waals surface area contributed by atoms with Crippen LogP contribution in [0.1, 0.15) is 0 Å². The summed E-state index contributed by atoms with van der Waals surface area (Å²) < 4.78 is 11.2. The second kappa shape index (κ2) is 5.58. The summed E-state index contributed by atoms with van der Waals surface area (Å²) >= 11 is 0. The molecule has 7 heteroatoms. The van der Waals surface area contributed by atoms with Gasteiger partial charge in [0.1, 0.15) is 11.2 Å². The number of rotatable bonds is 5. The summed E-state index contributed by atoms with van der Waals surface area (Å²) in [7, 11) is -0.881. The van der Waals surface area contributed by atoms with E-state index in [2.05, 4.69) is 6.07 Å². The quantitative estimate of drug-likeness (QED) is 0.447. The summed E-state index contributed by atoms with van der Waals surface area (Å²) in [6, 6.07) is 9.58. The first-order valence-corrected chi connectivity index (χ1v) is 5.92. The highest BCUT2D eigenvalue weighted by molar-refractivity contribution is 6.62. The van der Waals surface area contributed by atoms with Crippen LogP contribution in [0.15, 0.2) is 24.3 Å². The molecule has 1 heterocycles. The van der Waals surface area contributed by atoms with Crippen molar-refractivity contribution in [2.75, 3.05) is 26.4 Å². The highest BCUT2D eigenvalue weighted by atomic mass is 16.7. The molecule has 0 spiro atoms. The van der Waals surface area contributed by atoms with Crippen LogP contribution in [0, 0.1) is 6.07 Å². The Balaban J connectivity index is 2.35. The molecule has 0 atom stereocenters. The van der Waals surface area contributed by atoms with Gasteiger partial charge >= 0.3 is 7.12 Å². The van der Waals surface area contributed by atoms with Gasteiger partial charge in [0.25, 0.3) is 0 Å². The molecular weight excluding hydrogens is 251 g/mol. The van der Waals surface area contributed by atoms with Gasteiger partial charge in [-0.05, 0) is 11.5 Å². The molecule has 1 fully saturated rings. The zero-order valence-electron chi connectivity index (χ0n) is 10.3. The van der Waals surface area contributed by atoms with Crippen molar-refractivity contribution in [1.82, 2.24) is 0 Å². The fourth-order valence-corrected chi connectivity index (χ4v) is 2.17. The van der Waals surface area contributed by atoms with Crippen LogP contribution in [0.3, 0.4) is 0 Å². The Labute approximate surface area is 111 Å². The van der Waals surface area contributed by atoms with Crippen molar-refractivity contribution in [3.05, 3.63) is 30.3 Å². The molecule has 1 aromatic carbocycles. The Morgan fingerprint density at radius 1 is 0.895 bits per heavy atom. The van der Waals surface area contributed by atoms with Crippen molar-refractivity contribution in [3.8, 4) is 0 Å². The molecule has 1 radical (unpaired) electrons. The molecule has 0 unspecified atom stereocenters. The lowest BCUT2D eigenvalue weighted by molar-refractivity contribution is -0.147. The lowest BCUT2D eigenvalue weighted by atomic mass is 9.79. The Kier molecular flexibility index (Phi) is 4.24. The summed E-state index contributed by atoms with van der Waals surface area (Å²) in [5, 5.41) is 37.9. The third-order valence-electron chi connectivity index (χ3n) is 3.53. The van der Waals surface area contributed by atoms with Gasteiger partial charge in [0.2, 0.25) is 0 Å². The van der Waals surface area contributed by atoms with E-state index in [0.29, 0.717) is 5.46 Å². The van der Waals surface area contributed by atoms with Gasteiger partial charge in [0.15, 0.2) is 0 Å². The predicted molar refractivity (Wildman–Crippen MR) is 66.6 cm³/mol. The van der Waals surface area contributed by atoms with E-state index in [9.17, 15) is 20.4 Å². The van der Waals surface area contributed by atoms with E-state index < -0.39 is 44.7 Å². The van der Waals surface area contributed by atoms with E-state index in [4.69, 9.17) is 9.31 Å². The summed E-state index contributed by atoms with van der Waals surface area (Å²) in [6.45, 7) is -2.33. The average molecular weight is 267 g/mol. The molecule has 0 amide bonds. The van der Waals surface area contributed by atoms with Gasteiger partial charge in [0, 0.05) is 0 Å². The maximum absolute atomic E-state index is 9.49. The minimum atomic E-state index is -1.55. The van der Waals surface area contributed by atoms with E-state index >= 15 is 0 Å². The van der Waals surface area contributed by atoms with Crippen molar-refractivity contribution in [2.24, 2.45) is 0 Å². The SMILES string of the molecule is OCC1(CO)OB(c2cc[c]cc2)OC1(CO)CO. The second-order valence-corrected chi connectivity index (χ2v) is 4.52. The summed E-state index contributed by atoms with van der Waals surface area (Å²) in [5.41, 5.74) is -2.46. The van der Waals surface area contributed by atoms with E-state index in [1.165, 1.54) is 0 Å². The largest absolute Gasteiger partial charge is 0.495 e. The van der Waals surface area contributed by atoms with Crippen molar-refractivity contribution >= 4 is 12.6 Å². The smallest absolute Gasteiger partial charge is 0.394 e. The van der Waals surface area contributed by atoms with Gasteiger partial charge in [-0.15, -0.1) is 0 Å². The van der Waals surface area contributed by atoms with Crippen LogP contribution in [0.5, 0.6) is 0 Å². The lowest BCUT2D eigenvalue weighted by Gasteiger charge is -2.39. The Bertz CT molecular complexity index is 384. The molecule has 19 heavy (non-hydrogen) atoms. The Morgan fingerprint density at radius 2 is 1.32 bits per heavy atom. The van der Waals surface area contributed by atoms with Crippen molar-refractivity contribution in [1.29, 1.82) is 0 Å². The van der Waals surface area contributed by atoms with Crippen LogP contribution < -0.4 is 5.46 Å². The van der Waals surface area contributed by atoms with Crippen LogP contribution in [0.25, 0.3) is 0 Å². The number of hydrogen-bond acceptors (Lipinski definition) is 6. The third-order valence-corrected chi connectivity index (χ3v) is 3.53. The highest BCUT2D eigenvalue weighted by Gasteiger charge is 2.61. The Morgan fingerprint density at radius 3 is 1.68 bits per heavy atom. The normalized spacial score (nSPS) is 20.7. The molecule has 4 N–H and O–H groups in total. The molecule has 2 rings (SSSR count). The number of benzene rings is 1. The minimum absolute atomic E-state index is 0.583. The first-order valence-electron chi connectivity index (χ1n) is 5.92.